The molecular weight excluding hydrogens is 516 g/mol. The minimum atomic E-state index is -0.294. The summed E-state index contributed by atoms with van der Waals surface area (Å²) in [6.07, 6.45) is 2.08. The lowest BCUT2D eigenvalue weighted by Gasteiger charge is -2.28. The number of para-hydroxylation sites is 1. The molecule has 6 heteroatoms. The first-order chi connectivity index (χ1) is 16.8. The second-order valence-electron chi connectivity index (χ2n) is 11.9. The number of hydrogen-bond donors (Lipinski definition) is 1. The van der Waals surface area contributed by atoms with Gasteiger partial charge in [-0.2, -0.15) is 4.02 Å². The van der Waals surface area contributed by atoms with Crippen LogP contribution < -0.4 is 4.74 Å². The van der Waals surface area contributed by atoms with Crippen LogP contribution in [-0.4, -0.2) is 41.8 Å². The fourth-order valence-electron chi connectivity index (χ4n) is 5.29. The maximum absolute atomic E-state index is 13.7. The largest absolute Gasteiger partial charge is 0.507 e. The van der Waals surface area contributed by atoms with E-state index in [1.807, 2.05) is 30.3 Å². The molecule has 0 unspecified atom stereocenters. The SMILES string of the molecule is CCC[C@H]1CN(CC(=O)c2cc(C(C)(C)C)c(O)c(C(C)(C)C)c2)/C(=N\Br)[C@@H]1c1ccccc1OC. The van der Waals surface area contributed by atoms with Crippen molar-refractivity contribution in [2.75, 3.05) is 20.2 Å². The molecule has 1 aliphatic rings. The Labute approximate surface area is 225 Å². The molecule has 2 atom stereocenters. The molecule has 196 valence electrons. The van der Waals surface area contributed by atoms with E-state index in [2.05, 4.69) is 79.6 Å². The third kappa shape index (κ3) is 5.80. The normalized spacial score (nSPS) is 19.7. The number of amidine groups is 1. The van der Waals surface area contributed by atoms with E-state index in [-0.39, 0.29) is 34.8 Å². The van der Waals surface area contributed by atoms with Gasteiger partial charge in [0, 0.05) is 28.8 Å². The molecule has 1 fully saturated rings. The highest BCUT2D eigenvalue weighted by Gasteiger charge is 2.41. The van der Waals surface area contributed by atoms with Gasteiger partial charge in [0.25, 0.3) is 0 Å². The number of rotatable bonds is 7. The smallest absolute Gasteiger partial charge is 0.182 e. The number of ketones is 1. The lowest BCUT2D eigenvalue weighted by molar-refractivity contribution is 0.0963. The van der Waals surface area contributed by atoms with Gasteiger partial charge < -0.3 is 14.7 Å². The number of methoxy groups -OCH3 is 1. The van der Waals surface area contributed by atoms with Crippen LogP contribution in [0.25, 0.3) is 0 Å². The molecule has 0 radical (unpaired) electrons. The average Bonchev–Trinajstić information content (AvgIpc) is 3.14. The van der Waals surface area contributed by atoms with Crippen molar-refractivity contribution >= 4 is 27.8 Å². The zero-order chi connectivity index (χ0) is 26.8. The molecule has 36 heavy (non-hydrogen) atoms. The van der Waals surface area contributed by atoms with E-state index >= 15 is 0 Å². The average molecular weight is 558 g/mol. The molecule has 5 nitrogen and oxygen atoms in total. The Morgan fingerprint density at radius 2 is 1.69 bits per heavy atom. The van der Waals surface area contributed by atoms with Crippen molar-refractivity contribution in [3.63, 3.8) is 0 Å². The van der Waals surface area contributed by atoms with Crippen molar-refractivity contribution in [3.05, 3.63) is 58.7 Å². The van der Waals surface area contributed by atoms with Gasteiger partial charge in [-0.3, -0.25) is 4.79 Å². The molecule has 0 bridgehead atoms. The van der Waals surface area contributed by atoms with Crippen molar-refractivity contribution < 1.29 is 14.6 Å². The van der Waals surface area contributed by atoms with E-state index < -0.39 is 0 Å². The molecule has 1 saturated heterocycles. The summed E-state index contributed by atoms with van der Waals surface area (Å²) < 4.78 is 10.2. The number of aromatic hydroxyl groups is 1. The molecule has 2 aromatic carbocycles. The zero-order valence-electron chi connectivity index (χ0n) is 23.0. The van der Waals surface area contributed by atoms with Gasteiger partial charge in [-0.1, -0.05) is 73.1 Å². The molecule has 1 aliphatic heterocycles. The highest BCUT2D eigenvalue weighted by molar-refractivity contribution is 9.08. The summed E-state index contributed by atoms with van der Waals surface area (Å²) in [6, 6.07) is 11.8. The molecule has 2 aromatic rings. The van der Waals surface area contributed by atoms with Gasteiger partial charge in [0.2, 0.25) is 0 Å². The number of phenols is 1. The number of benzene rings is 2. The van der Waals surface area contributed by atoms with Crippen LogP contribution in [0.4, 0.5) is 0 Å². The number of nitrogens with zero attached hydrogens (tertiary/aromatic N) is 2. The Morgan fingerprint density at radius 1 is 1.11 bits per heavy atom. The van der Waals surface area contributed by atoms with E-state index in [9.17, 15) is 9.90 Å². The Morgan fingerprint density at radius 3 is 2.19 bits per heavy atom. The van der Waals surface area contributed by atoms with Crippen LogP contribution >= 0.6 is 16.1 Å². The number of carbonyl (C=O) groups is 1. The van der Waals surface area contributed by atoms with Crippen LogP contribution in [0.5, 0.6) is 11.5 Å². The lowest BCUT2D eigenvalue weighted by atomic mass is 9.78. The molecule has 0 spiro atoms. The Balaban J connectivity index is 2.01. The zero-order valence-corrected chi connectivity index (χ0v) is 24.6. The van der Waals surface area contributed by atoms with E-state index in [0.717, 1.165) is 47.7 Å². The highest BCUT2D eigenvalue weighted by atomic mass is 79.9. The van der Waals surface area contributed by atoms with Crippen molar-refractivity contribution in [1.82, 2.24) is 4.90 Å². The second kappa shape index (κ2) is 11.0. The summed E-state index contributed by atoms with van der Waals surface area (Å²) >= 11 is 3.37. The highest BCUT2D eigenvalue weighted by Crippen LogP contribution is 2.43. The topological polar surface area (TPSA) is 62.1 Å². The van der Waals surface area contributed by atoms with Crippen molar-refractivity contribution in [1.29, 1.82) is 0 Å². The number of carbonyl (C=O) groups excluding carboxylic acids is 1. The molecule has 0 aliphatic carbocycles. The van der Waals surface area contributed by atoms with Crippen LogP contribution in [0.3, 0.4) is 0 Å². The summed E-state index contributed by atoms with van der Waals surface area (Å²) in [5.74, 6) is 2.38. The minimum absolute atomic E-state index is 0.0237. The van der Waals surface area contributed by atoms with E-state index in [0.29, 0.717) is 11.5 Å². The number of likely N-dealkylation sites (tertiary alicyclic amines) is 1. The lowest BCUT2D eigenvalue weighted by Crippen LogP contribution is -2.32. The molecular formula is C30H41BrN2O3. The van der Waals surface area contributed by atoms with Gasteiger partial charge in [-0.15, -0.1) is 0 Å². The third-order valence-electron chi connectivity index (χ3n) is 7.13. The summed E-state index contributed by atoms with van der Waals surface area (Å²) in [7, 11) is 1.69. The number of phenolic OH excluding ortho intramolecular Hbond substituents is 1. The summed E-state index contributed by atoms with van der Waals surface area (Å²) in [4.78, 5) is 15.9. The van der Waals surface area contributed by atoms with Crippen LogP contribution in [0.15, 0.2) is 40.4 Å². The standard InChI is InChI=1S/C30H41BrN2O3/c1-9-12-19-17-33(28(32-31)26(19)21-13-10-11-14-25(21)36-8)18-24(34)20-15-22(29(2,3)4)27(35)23(16-20)30(5,6)7/h10-11,13-16,19,26,35H,9,12,17-18H2,1-8H3/b32-28-/t19-,26-/m0/s1. The Bertz CT molecular complexity index is 1090. The predicted octanol–water partition coefficient (Wildman–Crippen LogP) is 7.40. The minimum Gasteiger partial charge on any atom is -0.507 e. The molecule has 1 heterocycles. The second-order valence-corrected chi connectivity index (χ2v) is 12.3. The van der Waals surface area contributed by atoms with E-state index in [1.165, 1.54) is 0 Å². The Hall–Kier alpha value is -2.34. The first-order valence-corrected chi connectivity index (χ1v) is 13.5. The number of halogens is 1. The van der Waals surface area contributed by atoms with Crippen LogP contribution in [0, 0.1) is 5.92 Å². The Kier molecular flexibility index (Phi) is 8.59. The maximum atomic E-state index is 13.7. The summed E-state index contributed by atoms with van der Waals surface area (Å²) in [5, 5.41) is 11.1. The number of Topliss-reactive ketones (excluding diaryl/α,β-unsaturated/α-hetero) is 1. The van der Waals surface area contributed by atoms with Crippen molar-refractivity contribution in [3.8, 4) is 11.5 Å². The van der Waals surface area contributed by atoms with Gasteiger partial charge in [0.15, 0.2) is 5.78 Å². The van der Waals surface area contributed by atoms with Crippen LogP contribution in [-0.2, 0) is 10.8 Å². The van der Waals surface area contributed by atoms with Gasteiger partial charge in [0.1, 0.15) is 17.3 Å². The molecule has 3 rings (SSSR count). The maximum Gasteiger partial charge on any atom is 0.182 e. The van der Waals surface area contributed by atoms with Gasteiger partial charge in [-0.25, -0.2) is 0 Å². The summed E-state index contributed by atoms with van der Waals surface area (Å²) in [6.45, 7) is 15.5. The summed E-state index contributed by atoms with van der Waals surface area (Å²) in [5.41, 5.74) is 2.73. The van der Waals surface area contributed by atoms with Crippen molar-refractivity contribution in [2.45, 2.75) is 78.1 Å². The van der Waals surface area contributed by atoms with Gasteiger partial charge >= 0.3 is 0 Å². The molecule has 1 N–H and O–H groups in total. The molecule has 0 aromatic heterocycles. The van der Waals surface area contributed by atoms with Crippen LogP contribution in [0.2, 0.25) is 0 Å². The molecule has 0 amide bonds. The molecule has 0 saturated carbocycles. The van der Waals surface area contributed by atoms with Gasteiger partial charge in [-0.05, 0) is 41.4 Å². The predicted molar refractivity (Wildman–Crippen MR) is 152 cm³/mol. The monoisotopic (exact) mass is 556 g/mol. The van der Waals surface area contributed by atoms with Crippen LogP contribution in [0.1, 0.15) is 94.3 Å². The fraction of sp³-hybridized carbons (Fsp3) is 0.533. The number of hydrogen-bond acceptors (Lipinski definition) is 4. The number of ether oxygens (including phenoxy) is 1. The first kappa shape index (κ1) is 28.2. The van der Waals surface area contributed by atoms with Crippen molar-refractivity contribution in [2.24, 2.45) is 9.94 Å². The third-order valence-corrected chi connectivity index (χ3v) is 7.49. The quantitative estimate of drug-likeness (QED) is 0.361. The van der Waals surface area contributed by atoms with E-state index in [4.69, 9.17) is 4.74 Å². The fourth-order valence-corrected chi connectivity index (χ4v) is 5.73. The first-order valence-electron chi connectivity index (χ1n) is 12.8. The van der Waals surface area contributed by atoms with E-state index in [1.54, 1.807) is 7.11 Å². The van der Waals surface area contributed by atoms with Gasteiger partial charge in [0.05, 0.1) is 35.7 Å².